The average molecular weight is 617 g/mol. The Labute approximate surface area is 257 Å². The number of phenols is 1. The Morgan fingerprint density at radius 2 is 1.67 bits per heavy atom. The van der Waals surface area contributed by atoms with Crippen molar-refractivity contribution in [3.8, 4) is 17.2 Å². The van der Waals surface area contributed by atoms with Gasteiger partial charge in [-0.3, -0.25) is 14.4 Å². The number of ether oxygens (including phenoxy) is 3. The molecule has 1 heterocycles. The Morgan fingerprint density at radius 1 is 0.933 bits per heavy atom. The molecule has 0 bridgehead atoms. The van der Waals surface area contributed by atoms with Gasteiger partial charge in [0.2, 0.25) is 6.29 Å². The topological polar surface area (TPSA) is 180 Å². The van der Waals surface area contributed by atoms with Crippen LogP contribution in [0.5, 0.6) is 17.2 Å². The van der Waals surface area contributed by atoms with Crippen LogP contribution in [-0.4, -0.2) is 73.8 Å². The number of allylic oxidation sites excluding steroid dienone is 1. The Balaban J connectivity index is 1.54. The van der Waals surface area contributed by atoms with E-state index in [4.69, 9.17) is 14.2 Å². The Kier molecular flexibility index (Phi) is 7.84. The summed E-state index contributed by atoms with van der Waals surface area (Å²) >= 11 is 0. The number of hydrogen-bond acceptors (Lipinski definition) is 11. The summed E-state index contributed by atoms with van der Waals surface area (Å²) in [6.45, 7) is 3.47. The van der Waals surface area contributed by atoms with Crippen molar-refractivity contribution in [2.75, 3.05) is 0 Å². The molecule has 1 aliphatic heterocycles. The highest BCUT2D eigenvalue weighted by atomic mass is 16.7. The van der Waals surface area contributed by atoms with Gasteiger partial charge in [0, 0.05) is 34.7 Å². The number of carbonyl (C=O) groups excluding carboxylic acids is 3. The first-order chi connectivity index (χ1) is 21.4. The molecule has 6 rings (SSSR count). The van der Waals surface area contributed by atoms with Crippen molar-refractivity contribution in [1.82, 2.24) is 0 Å². The van der Waals surface area contributed by atoms with E-state index in [0.29, 0.717) is 18.4 Å². The van der Waals surface area contributed by atoms with Gasteiger partial charge in [0.15, 0.2) is 11.6 Å². The fraction of sp³-hybridized carbons (Fsp3) is 0.324. The lowest BCUT2D eigenvalue weighted by molar-refractivity contribution is -0.268. The monoisotopic (exact) mass is 616 g/mol. The molecule has 1 fully saturated rings. The molecule has 3 aromatic rings. The highest BCUT2D eigenvalue weighted by molar-refractivity contribution is 6.31. The van der Waals surface area contributed by atoms with Gasteiger partial charge in [-0.05, 0) is 61.1 Å². The van der Waals surface area contributed by atoms with E-state index in [1.54, 1.807) is 0 Å². The van der Waals surface area contributed by atoms with Gasteiger partial charge >= 0.3 is 5.97 Å². The molecule has 0 amide bonds. The third-order valence-electron chi connectivity index (χ3n) is 8.65. The van der Waals surface area contributed by atoms with E-state index in [0.717, 1.165) is 11.1 Å². The molecule has 0 spiro atoms. The SMILES string of the molecule is CC(=O)Oc1cc(CO)c2c(c1C1=Cc3ccccc3CC1)C(=O)c1cc(O[C@@H]3O[C@@H](C)[C@@H](O)[C@@H](O)[C@H]3O)c(C)c(O)c1C2=O. The first-order valence-electron chi connectivity index (χ1n) is 14.5. The fourth-order valence-corrected chi connectivity index (χ4v) is 6.28. The van der Waals surface area contributed by atoms with E-state index in [9.17, 15) is 39.9 Å². The number of phenolic OH excluding ortho intramolecular Hbond substituents is 1. The Morgan fingerprint density at radius 3 is 2.38 bits per heavy atom. The van der Waals surface area contributed by atoms with Crippen molar-refractivity contribution in [3.05, 3.63) is 86.5 Å². The van der Waals surface area contributed by atoms with Crippen LogP contribution in [0.15, 0.2) is 36.4 Å². The van der Waals surface area contributed by atoms with Gasteiger partial charge in [-0.2, -0.15) is 0 Å². The maximum absolute atomic E-state index is 14.5. The van der Waals surface area contributed by atoms with Crippen molar-refractivity contribution in [1.29, 1.82) is 0 Å². The number of ketones is 2. The number of rotatable bonds is 5. The molecular formula is C34H32O11. The molecule has 234 valence electrons. The zero-order chi connectivity index (χ0) is 32.3. The zero-order valence-corrected chi connectivity index (χ0v) is 24.7. The van der Waals surface area contributed by atoms with E-state index in [-0.39, 0.29) is 50.4 Å². The number of fused-ring (bicyclic) bond motifs is 3. The average Bonchev–Trinajstić information content (AvgIpc) is 3.02. The van der Waals surface area contributed by atoms with Gasteiger partial charge in [-0.1, -0.05) is 30.3 Å². The number of aryl methyl sites for hydroxylation is 1. The summed E-state index contributed by atoms with van der Waals surface area (Å²) in [4.78, 5) is 40.8. The van der Waals surface area contributed by atoms with E-state index in [1.807, 2.05) is 30.3 Å². The molecule has 0 unspecified atom stereocenters. The first-order valence-corrected chi connectivity index (χ1v) is 14.5. The fourth-order valence-electron chi connectivity index (χ4n) is 6.28. The number of hydrogen-bond donors (Lipinski definition) is 5. The Bertz CT molecular complexity index is 1790. The van der Waals surface area contributed by atoms with Crippen LogP contribution in [0.25, 0.3) is 11.6 Å². The quantitative estimate of drug-likeness (QED) is 0.164. The molecule has 11 nitrogen and oxygen atoms in total. The van der Waals surface area contributed by atoms with Crippen molar-refractivity contribution in [2.45, 2.75) is 70.9 Å². The standard InChI is InChI=1S/C34H32O11/c1-14-22(45-34-33(42)32(41)29(38)15(2)43-34)12-21-26(28(14)37)31(40)25-20(13-35)11-23(44-16(3)36)24(27(25)30(21)39)19-9-8-17-6-4-5-7-18(17)10-19/h4-7,10-12,15,29,32-35,37-38,41-42H,8-9,13H2,1-3H3/t15-,29+,32+,33+,34-/m0/s1. The number of aromatic hydroxyl groups is 1. The maximum Gasteiger partial charge on any atom is 0.308 e. The van der Waals surface area contributed by atoms with Crippen LogP contribution in [0.2, 0.25) is 0 Å². The first kappa shape index (κ1) is 30.6. The predicted molar refractivity (Wildman–Crippen MR) is 159 cm³/mol. The smallest absolute Gasteiger partial charge is 0.308 e. The van der Waals surface area contributed by atoms with Crippen molar-refractivity contribution < 1.29 is 54.1 Å². The molecule has 0 aromatic heterocycles. The van der Waals surface area contributed by atoms with Crippen molar-refractivity contribution >= 4 is 29.2 Å². The van der Waals surface area contributed by atoms with E-state index in [1.165, 1.54) is 32.9 Å². The molecule has 5 N–H and O–H groups in total. The second kappa shape index (κ2) is 11.5. The molecule has 2 aliphatic carbocycles. The van der Waals surface area contributed by atoms with Gasteiger partial charge in [0.1, 0.15) is 35.6 Å². The minimum Gasteiger partial charge on any atom is -0.507 e. The van der Waals surface area contributed by atoms with Crippen LogP contribution in [0.3, 0.4) is 0 Å². The summed E-state index contributed by atoms with van der Waals surface area (Å²) in [5.74, 6) is -2.72. The maximum atomic E-state index is 14.5. The van der Waals surface area contributed by atoms with Gasteiger partial charge in [0.05, 0.1) is 18.3 Å². The number of aliphatic hydroxyl groups excluding tert-OH is 4. The number of aliphatic hydroxyl groups is 4. The normalized spacial score (nSPS) is 23.9. The molecule has 3 aliphatic rings. The Hall–Kier alpha value is -4.39. The lowest BCUT2D eigenvalue weighted by Gasteiger charge is -2.39. The van der Waals surface area contributed by atoms with Crippen LogP contribution in [0.4, 0.5) is 0 Å². The van der Waals surface area contributed by atoms with Gasteiger partial charge in [-0.25, -0.2) is 0 Å². The van der Waals surface area contributed by atoms with Crippen LogP contribution < -0.4 is 9.47 Å². The van der Waals surface area contributed by atoms with Crippen LogP contribution in [0.1, 0.15) is 79.9 Å². The van der Waals surface area contributed by atoms with E-state index >= 15 is 0 Å². The summed E-state index contributed by atoms with van der Waals surface area (Å²) in [5, 5.41) is 52.4. The number of esters is 1. The van der Waals surface area contributed by atoms with Crippen molar-refractivity contribution in [2.24, 2.45) is 0 Å². The molecular weight excluding hydrogens is 584 g/mol. The lowest BCUT2D eigenvalue weighted by atomic mass is 9.75. The molecule has 0 saturated carbocycles. The molecule has 0 radical (unpaired) electrons. The van der Waals surface area contributed by atoms with Gasteiger partial charge in [0.25, 0.3) is 0 Å². The van der Waals surface area contributed by atoms with E-state index < -0.39 is 60.6 Å². The summed E-state index contributed by atoms with van der Waals surface area (Å²) < 4.78 is 16.9. The zero-order valence-electron chi connectivity index (χ0n) is 24.7. The largest absolute Gasteiger partial charge is 0.507 e. The van der Waals surface area contributed by atoms with Crippen LogP contribution >= 0.6 is 0 Å². The van der Waals surface area contributed by atoms with Gasteiger partial charge < -0.3 is 39.7 Å². The third kappa shape index (κ3) is 5.02. The van der Waals surface area contributed by atoms with Crippen molar-refractivity contribution in [3.63, 3.8) is 0 Å². The van der Waals surface area contributed by atoms with Crippen LogP contribution in [-0.2, 0) is 22.6 Å². The summed E-state index contributed by atoms with van der Waals surface area (Å²) in [7, 11) is 0. The molecule has 11 heteroatoms. The van der Waals surface area contributed by atoms with Crippen LogP contribution in [0, 0.1) is 6.92 Å². The molecule has 1 saturated heterocycles. The van der Waals surface area contributed by atoms with E-state index in [2.05, 4.69) is 0 Å². The number of carbonyl (C=O) groups is 3. The third-order valence-corrected chi connectivity index (χ3v) is 8.65. The molecule has 45 heavy (non-hydrogen) atoms. The second-order valence-corrected chi connectivity index (χ2v) is 11.5. The predicted octanol–water partition coefficient (Wildman–Crippen LogP) is 2.59. The highest BCUT2D eigenvalue weighted by Gasteiger charge is 2.44. The molecule has 5 atom stereocenters. The summed E-state index contributed by atoms with van der Waals surface area (Å²) in [6, 6.07) is 10.3. The second-order valence-electron chi connectivity index (χ2n) is 11.5. The number of benzene rings is 3. The molecule has 3 aromatic carbocycles. The minimum absolute atomic E-state index is 0.00796. The van der Waals surface area contributed by atoms with Gasteiger partial charge in [-0.15, -0.1) is 0 Å². The highest BCUT2D eigenvalue weighted by Crippen LogP contribution is 2.47. The summed E-state index contributed by atoms with van der Waals surface area (Å²) in [5.41, 5.74) is 2.25. The lowest BCUT2D eigenvalue weighted by Crippen LogP contribution is -2.58. The minimum atomic E-state index is -1.67. The summed E-state index contributed by atoms with van der Waals surface area (Å²) in [6.07, 6.45) is -4.07.